The number of piperidine rings is 1. The highest BCUT2D eigenvalue weighted by Crippen LogP contribution is 2.07. The number of likely N-dealkylation sites (tertiary alicyclic amines) is 1. The average Bonchev–Trinajstić information content (AvgIpc) is 2.31. The number of hydrogen-bond donors (Lipinski definition) is 1. The van der Waals surface area contributed by atoms with Crippen LogP contribution in [0.2, 0.25) is 0 Å². The molecule has 1 amide bonds. The van der Waals surface area contributed by atoms with E-state index >= 15 is 0 Å². The summed E-state index contributed by atoms with van der Waals surface area (Å²) in [5.74, 6) is 1.48. The molecule has 0 aliphatic carbocycles. The first-order valence-corrected chi connectivity index (χ1v) is 7.07. The van der Waals surface area contributed by atoms with Crippen LogP contribution in [0.3, 0.4) is 0 Å². The highest BCUT2D eigenvalue weighted by Gasteiger charge is 2.14. The van der Waals surface area contributed by atoms with E-state index in [9.17, 15) is 4.79 Å². The summed E-state index contributed by atoms with van der Waals surface area (Å²) in [7, 11) is 1.81. The molecule has 3 nitrogen and oxygen atoms in total. The van der Waals surface area contributed by atoms with Gasteiger partial charge in [-0.2, -0.15) is 11.8 Å². The molecule has 1 fully saturated rings. The summed E-state index contributed by atoms with van der Waals surface area (Å²) >= 11 is 1.86. The van der Waals surface area contributed by atoms with Gasteiger partial charge in [-0.1, -0.05) is 6.92 Å². The van der Waals surface area contributed by atoms with E-state index in [1.165, 1.54) is 25.0 Å². The molecule has 0 saturated carbocycles. The van der Waals surface area contributed by atoms with Crippen molar-refractivity contribution in [2.75, 3.05) is 38.7 Å². The Morgan fingerprint density at radius 3 is 2.27 bits per heavy atom. The Morgan fingerprint density at radius 1 is 1.33 bits per heavy atom. The van der Waals surface area contributed by atoms with Gasteiger partial charge in [-0.15, -0.1) is 0 Å². The molecule has 15 heavy (non-hydrogen) atoms. The van der Waals surface area contributed by atoms with Crippen LogP contribution in [0, 0.1) is 0 Å². The first kappa shape index (κ1) is 14.8. The topological polar surface area (TPSA) is 32.3 Å². The number of nitrogens with zero attached hydrogens (tertiary/aromatic N) is 1. The van der Waals surface area contributed by atoms with Crippen molar-refractivity contribution in [3.05, 3.63) is 0 Å². The first-order valence-electron chi connectivity index (χ1n) is 5.67. The SMILES string of the molecule is CCSC.CNCC(=O)N1CCCCC1. The molecule has 1 N–H and O–H groups in total. The van der Waals surface area contributed by atoms with Crippen LogP contribution in [-0.2, 0) is 4.79 Å². The predicted molar refractivity (Wildman–Crippen MR) is 68.4 cm³/mol. The molecule has 1 heterocycles. The Bertz CT molecular complexity index is 157. The normalized spacial score (nSPS) is 15.5. The molecular formula is C11H24N2OS. The van der Waals surface area contributed by atoms with Gasteiger partial charge in [0.2, 0.25) is 5.91 Å². The molecule has 90 valence electrons. The van der Waals surface area contributed by atoms with Crippen LogP contribution in [0.25, 0.3) is 0 Å². The molecule has 4 heteroatoms. The maximum absolute atomic E-state index is 11.3. The van der Waals surface area contributed by atoms with Gasteiger partial charge in [0.05, 0.1) is 6.54 Å². The zero-order chi connectivity index (χ0) is 11.5. The van der Waals surface area contributed by atoms with E-state index in [1.807, 2.05) is 23.7 Å². The van der Waals surface area contributed by atoms with Gasteiger partial charge in [0, 0.05) is 13.1 Å². The number of hydrogen-bond acceptors (Lipinski definition) is 3. The number of amides is 1. The summed E-state index contributed by atoms with van der Waals surface area (Å²) < 4.78 is 0. The van der Waals surface area contributed by atoms with Gasteiger partial charge >= 0.3 is 0 Å². The van der Waals surface area contributed by atoms with Gasteiger partial charge in [0.15, 0.2) is 0 Å². The van der Waals surface area contributed by atoms with Crippen LogP contribution in [0.1, 0.15) is 26.2 Å². The van der Waals surface area contributed by atoms with Crippen LogP contribution in [0.5, 0.6) is 0 Å². The minimum Gasteiger partial charge on any atom is -0.342 e. The highest BCUT2D eigenvalue weighted by molar-refractivity contribution is 7.98. The Morgan fingerprint density at radius 2 is 1.87 bits per heavy atom. The second kappa shape index (κ2) is 10.3. The summed E-state index contributed by atoms with van der Waals surface area (Å²) in [5.41, 5.74) is 0. The van der Waals surface area contributed by atoms with E-state index in [4.69, 9.17) is 0 Å². The Balaban J connectivity index is 0.000000423. The van der Waals surface area contributed by atoms with Crippen LogP contribution in [-0.4, -0.2) is 49.5 Å². The fourth-order valence-corrected chi connectivity index (χ4v) is 1.41. The smallest absolute Gasteiger partial charge is 0.236 e. The number of rotatable bonds is 3. The predicted octanol–water partition coefficient (Wildman–Crippen LogP) is 1.59. The number of carbonyl (C=O) groups is 1. The van der Waals surface area contributed by atoms with Crippen molar-refractivity contribution in [2.24, 2.45) is 0 Å². The van der Waals surface area contributed by atoms with E-state index in [0.717, 1.165) is 13.1 Å². The standard InChI is InChI=1S/C8H16N2O.C3H8S/c1-9-7-8(11)10-5-3-2-4-6-10;1-3-4-2/h9H,2-7H2,1H3;3H2,1-2H3. The number of thioether (sulfide) groups is 1. The summed E-state index contributed by atoms with van der Waals surface area (Å²) in [4.78, 5) is 13.2. The minimum absolute atomic E-state index is 0.243. The summed E-state index contributed by atoms with van der Waals surface area (Å²) in [6.45, 7) is 4.55. The van der Waals surface area contributed by atoms with Gasteiger partial charge < -0.3 is 10.2 Å². The third-order valence-electron chi connectivity index (χ3n) is 2.33. The fraction of sp³-hybridized carbons (Fsp3) is 0.909. The molecule has 0 bridgehead atoms. The fourth-order valence-electron chi connectivity index (χ4n) is 1.41. The zero-order valence-corrected chi connectivity index (χ0v) is 11.0. The lowest BCUT2D eigenvalue weighted by Gasteiger charge is -2.26. The van der Waals surface area contributed by atoms with E-state index in [-0.39, 0.29) is 5.91 Å². The van der Waals surface area contributed by atoms with Crippen molar-refractivity contribution in [3.8, 4) is 0 Å². The van der Waals surface area contributed by atoms with Gasteiger partial charge in [-0.3, -0.25) is 4.79 Å². The van der Waals surface area contributed by atoms with Crippen LogP contribution in [0.15, 0.2) is 0 Å². The van der Waals surface area contributed by atoms with Crippen molar-refractivity contribution in [1.29, 1.82) is 0 Å². The Hall–Kier alpha value is -0.220. The number of nitrogens with one attached hydrogen (secondary N) is 1. The van der Waals surface area contributed by atoms with E-state index in [1.54, 1.807) is 0 Å². The monoisotopic (exact) mass is 232 g/mol. The molecule has 1 saturated heterocycles. The number of likely N-dealkylation sites (N-methyl/N-ethyl adjacent to an activating group) is 1. The zero-order valence-electron chi connectivity index (χ0n) is 10.2. The largest absolute Gasteiger partial charge is 0.342 e. The van der Waals surface area contributed by atoms with Crippen molar-refractivity contribution >= 4 is 17.7 Å². The summed E-state index contributed by atoms with van der Waals surface area (Å²) in [6.07, 6.45) is 5.73. The third-order valence-corrected chi connectivity index (χ3v) is 2.90. The maximum Gasteiger partial charge on any atom is 0.236 e. The van der Waals surface area contributed by atoms with Gasteiger partial charge in [0.25, 0.3) is 0 Å². The molecule has 0 radical (unpaired) electrons. The Labute approximate surface area is 98.0 Å². The molecule has 0 aromatic carbocycles. The van der Waals surface area contributed by atoms with E-state index in [0.29, 0.717) is 6.54 Å². The average molecular weight is 232 g/mol. The van der Waals surface area contributed by atoms with Gasteiger partial charge in [-0.05, 0) is 38.3 Å². The summed E-state index contributed by atoms with van der Waals surface area (Å²) in [5, 5.41) is 2.87. The van der Waals surface area contributed by atoms with Crippen LogP contribution in [0.4, 0.5) is 0 Å². The third kappa shape index (κ3) is 7.68. The molecule has 0 aromatic rings. The highest BCUT2D eigenvalue weighted by atomic mass is 32.2. The molecule has 1 aliphatic rings. The quantitative estimate of drug-likeness (QED) is 0.802. The van der Waals surface area contributed by atoms with Crippen molar-refractivity contribution < 1.29 is 4.79 Å². The molecule has 0 atom stereocenters. The maximum atomic E-state index is 11.3. The van der Waals surface area contributed by atoms with Gasteiger partial charge in [0.1, 0.15) is 0 Å². The van der Waals surface area contributed by atoms with Crippen molar-refractivity contribution in [1.82, 2.24) is 10.2 Å². The molecule has 0 unspecified atom stereocenters. The lowest BCUT2D eigenvalue weighted by Crippen LogP contribution is -2.40. The number of carbonyl (C=O) groups excluding carboxylic acids is 1. The van der Waals surface area contributed by atoms with Crippen molar-refractivity contribution in [3.63, 3.8) is 0 Å². The lowest BCUT2D eigenvalue weighted by atomic mass is 10.1. The van der Waals surface area contributed by atoms with E-state index < -0.39 is 0 Å². The first-order chi connectivity index (χ1) is 7.26. The molecule has 0 aromatic heterocycles. The minimum atomic E-state index is 0.243. The van der Waals surface area contributed by atoms with Crippen LogP contribution >= 0.6 is 11.8 Å². The molecule has 1 rings (SSSR count). The Kier molecular flexibility index (Phi) is 10.2. The van der Waals surface area contributed by atoms with E-state index in [2.05, 4.69) is 18.5 Å². The molecule has 0 spiro atoms. The van der Waals surface area contributed by atoms with Crippen molar-refractivity contribution in [2.45, 2.75) is 26.2 Å². The van der Waals surface area contributed by atoms with Crippen LogP contribution < -0.4 is 5.32 Å². The summed E-state index contributed by atoms with van der Waals surface area (Å²) in [6, 6.07) is 0. The second-order valence-electron chi connectivity index (χ2n) is 3.55. The van der Waals surface area contributed by atoms with Gasteiger partial charge in [-0.25, -0.2) is 0 Å². The second-order valence-corrected chi connectivity index (χ2v) is 4.70. The lowest BCUT2D eigenvalue weighted by molar-refractivity contribution is -0.131. The molecular weight excluding hydrogens is 208 g/mol. The molecule has 1 aliphatic heterocycles.